The van der Waals surface area contributed by atoms with Gasteiger partial charge in [0, 0.05) is 20.2 Å². The van der Waals surface area contributed by atoms with Crippen LogP contribution in [-0.4, -0.2) is 35.6 Å². The van der Waals surface area contributed by atoms with Crippen LogP contribution < -0.4 is 14.4 Å². The normalized spacial score (nSPS) is 10.8. The van der Waals surface area contributed by atoms with E-state index in [1.54, 1.807) is 24.1 Å². The van der Waals surface area contributed by atoms with Crippen molar-refractivity contribution in [1.29, 1.82) is 0 Å². The van der Waals surface area contributed by atoms with E-state index in [0.717, 1.165) is 11.5 Å². The molecular formula is C20H22FN3O3. The van der Waals surface area contributed by atoms with E-state index in [1.807, 2.05) is 29.7 Å². The fraction of sp³-hybridized carbons (Fsp3) is 0.300. The van der Waals surface area contributed by atoms with Gasteiger partial charge in [0.15, 0.2) is 11.4 Å². The fourth-order valence-electron chi connectivity index (χ4n) is 2.77. The van der Waals surface area contributed by atoms with Crippen molar-refractivity contribution in [3.05, 3.63) is 54.1 Å². The molecule has 0 N–H and O–H groups in total. The molecule has 3 aromatic rings. The maximum atomic E-state index is 12.9. The van der Waals surface area contributed by atoms with Crippen molar-refractivity contribution in [2.24, 2.45) is 0 Å². The van der Waals surface area contributed by atoms with Gasteiger partial charge in [0.05, 0.1) is 5.69 Å². The second-order valence-electron chi connectivity index (χ2n) is 6.03. The van der Waals surface area contributed by atoms with Crippen LogP contribution in [0.2, 0.25) is 0 Å². The predicted molar refractivity (Wildman–Crippen MR) is 101 cm³/mol. The van der Waals surface area contributed by atoms with Crippen molar-refractivity contribution in [2.75, 3.05) is 25.2 Å². The Kier molecular flexibility index (Phi) is 5.59. The Balaban J connectivity index is 1.75. The number of carbonyl (C=O) groups excluding carboxylic acids is 1. The molecule has 0 atom stereocenters. The SMILES string of the molecule is CCc1nc2c(OCCOc3ccc(F)cc3)cccn2c1N(C)C(C)=O. The molecule has 2 aromatic heterocycles. The number of aromatic nitrogens is 2. The van der Waals surface area contributed by atoms with E-state index >= 15 is 0 Å². The molecule has 0 aliphatic rings. The van der Waals surface area contributed by atoms with Crippen LogP contribution in [0, 0.1) is 5.82 Å². The van der Waals surface area contributed by atoms with E-state index in [0.29, 0.717) is 36.8 Å². The number of anilines is 1. The zero-order chi connectivity index (χ0) is 19.4. The van der Waals surface area contributed by atoms with E-state index in [4.69, 9.17) is 9.47 Å². The second kappa shape index (κ2) is 8.07. The third-order valence-electron chi connectivity index (χ3n) is 4.21. The van der Waals surface area contributed by atoms with Gasteiger partial charge in [0.25, 0.3) is 0 Å². The zero-order valence-electron chi connectivity index (χ0n) is 15.6. The number of carbonyl (C=O) groups is 1. The van der Waals surface area contributed by atoms with E-state index in [9.17, 15) is 9.18 Å². The Morgan fingerprint density at radius 2 is 1.89 bits per heavy atom. The molecule has 0 aliphatic carbocycles. The Hall–Kier alpha value is -3.09. The molecule has 0 aliphatic heterocycles. The number of hydrogen-bond acceptors (Lipinski definition) is 4. The Morgan fingerprint density at radius 3 is 2.56 bits per heavy atom. The van der Waals surface area contributed by atoms with Crippen LogP contribution in [0.25, 0.3) is 5.65 Å². The first-order valence-electron chi connectivity index (χ1n) is 8.76. The average Bonchev–Trinajstić information content (AvgIpc) is 3.05. The molecule has 6 nitrogen and oxygen atoms in total. The number of aryl methyl sites for hydroxylation is 1. The average molecular weight is 371 g/mol. The van der Waals surface area contributed by atoms with Crippen molar-refractivity contribution in [3.8, 4) is 11.5 Å². The van der Waals surface area contributed by atoms with Gasteiger partial charge in [-0.15, -0.1) is 0 Å². The molecule has 0 spiro atoms. The third-order valence-corrected chi connectivity index (χ3v) is 4.21. The highest BCUT2D eigenvalue weighted by molar-refractivity contribution is 5.91. The maximum absolute atomic E-state index is 12.9. The number of benzene rings is 1. The van der Waals surface area contributed by atoms with Gasteiger partial charge in [-0.1, -0.05) is 6.92 Å². The molecular weight excluding hydrogens is 349 g/mol. The first-order chi connectivity index (χ1) is 13.0. The van der Waals surface area contributed by atoms with Crippen LogP contribution >= 0.6 is 0 Å². The number of imidazole rings is 1. The lowest BCUT2D eigenvalue weighted by molar-refractivity contribution is -0.116. The highest BCUT2D eigenvalue weighted by Crippen LogP contribution is 2.28. The summed E-state index contributed by atoms with van der Waals surface area (Å²) in [5.74, 6) is 1.57. The number of ether oxygens (including phenoxy) is 2. The van der Waals surface area contributed by atoms with Crippen LogP contribution in [-0.2, 0) is 11.2 Å². The third kappa shape index (κ3) is 4.02. The quantitative estimate of drug-likeness (QED) is 0.597. The van der Waals surface area contributed by atoms with Crippen LogP contribution in [0.1, 0.15) is 19.5 Å². The van der Waals surface area contributed by atoms with E-state index in [2.05, 4.69) is 4.98 Å². The van der Waals surface area contributed by atoms with Crippen molar-refractivity contribution < 1.29 is 18.7 Å². The van der Waals surface area contributed by atoms with Gasteiger partial charge in [0.2, 0.25) is 5.91 Å². The maximum Gasteiger partial charge on any atom is 0.224 e. The molecule has 142 valence electrons. The Labute approximate surface area is 157 Å². The molecule has 0 bridgehead atoms. The number of hydrogen-bond donors (Lipinski definition) is 0. The summed E-state index contributed by atoms with van der Waals surface area (Å²) in [5, 5.41) is 0. The van der Waals surface area contributed by atoms with Gasteiger partial charge in [-0.2, -0.15) is 0 Å². The largest absolute Gasteiger partial charge is 0.490 e. The summed E-state index contributed by atoms with van der Waals surface area (Å²) in [6.45, 7) is 4.14. The van der Waals surface area contributed by atoms with Gasteiger partial charge in [-0.05, 0) is 42.8 Å². The lowest BCUT2D eigenvalue weighted by Gasteiger charge is -2.16. The molecule has 0 unspecified atom stereocenters. The summed E-state index contributed by atoms with van der Waals surface area (Å²) in [4.78, 5) is 18.0. The van der Waals surface area contributed by atoms with Crippen LogP contribution in [0.4, 0.5) is 10.2 Å². The minimum Gasteiger partial charge on any atom is -0.490 e. The smallest absolute Gasteiger partial charge is 0.224 e. The lowest BCUT2D eigenvalue weighted by Crippen LogP contribution is -2.25. The number of amides is 1. The summed E-state index contributed by atoms with van der Waals surface area (Å²) in [7, 11) is 1.73. The molecule has 0 saturated heterocycles. The van der Waals surface area contributed by atoms with Crippen LogP contribution in [0.5, 0.6) is 11.5 Å². The predicted octanol–water partition coefficient (Wildman–Crippen LogP) is 3.48. The van der Waals surface area contributed by atoms with Gasteiger partial charge in [-0.3, -0.25) is 14.1 Å². The number of fused-ring (bicyclic) bond motifs is 1. The monoisotopic (exact) mass is 371 g/mol. The molecule has 1 aromatic carbocycles. The first-order valence-corrected chi connectivity index (χ1v) is 8.76. The minimum absolute atomic E-state index is 0.0643. The minimum atomic E-state index is -0.303. The van der Waals surface area contributed by atoms with Crippen molar-refractivity contribution >= 4 is 17.4 Å². The summed E-state index contributed by atoms with van der Waals surface area (Å²) in [6, 6.07) is 9.52. The molecule has 1 amide bonds. The standard InChI is InChI=1S/C20H22FN3O3/c1-4-17-20(23(3)14(2)25)24-11-5-6-18(19(24)22-17)27-13-12-26-16-9-7-15(21)8-10-16/h5-11H,4,12-13H2,1-3H3. The van der Waals surface area contributed by atoms with Crippen molar-refractivity contribution in [1.82, 2.24) is 9.38 Å². The van der Waals surface area contributed by atoms with Gasteiger partial charge < -0.3 is 9.47 Å². The van der Waals surface area contributed by atoms with E-state index in [-0.39, 0.29) is 11.7 Å². The van der Waals surface area contributed by atoms with E-state index in [1.165, 1.54) is 19.1 Å². The van der Waals surface area contributed by atoms with Gasteiger partial charge >= 0.3 is 0 Å². The lowest BCUT2D eigenvalue weighted by atomic mass is 10.3. The molecule has 0 fully saturated rings. The summed E-state index contributed by atoms with van der Waals surface area (Å²) >= 11 is 0. The number of pyridine rings is 1. The Bertz CT molecular complexity index is 938. The topological polar surface area (TPSA) is 56.1 Å². The first kappa shape index (κ1) is 18.7. The molecule has 7 heteroatoms. The summed E-state index contributed by atoms with van der Waals surface area (Å²) in [5.41, 5.74) is 1.48. The second-order valence-corrected chi connectivity index (χ2v) is 6.03. The number of nitrogens with zero attached hydrogens (tertiary/aromatic N) is 3. The van der Waals surface area contributed by atoms with Crippen LogP contribution in [0.15, 0.2) is 42.6 Å². The van der Waals surface area contributed by atoms with Crippen molar-refractivity contribution in [2.45, 2.75) is 20.3 Å². The van der Waals surface area contributed by atoms with Crippen LogP contribution in [0.3, 0.4) is 0 Å². The van der Waals surface area contributed by atoms with Gasteiger partial charge in [0.1, 0.15) is 30.6 Å². The highest BCUT2D eigenvalue weighted by Gasteiger charge is 2.19. The number of rotatable bonds is 7. The van der Waals surface area contributed by atoms with Crippen molar-refractivity contribution in [3.63, 3.8) is 0 Å². The molecule has 2 heterocycles. The fourth-order valence-corrected chi connectivity index (χ4v) is 2.77. The zero-order valence-corrected chi connectivity index (χ0v) is 15.6. The molecule has 0 radical (unpaired) electrons. The molecule has 0 saturated carbocycles. The number of halogens is 1. The highest BCUT2D eigenvalue weighted by atomic mass is 19.1. The van der Waals surface area contributed by atoms with Gasteiger partial charge in [-0.25, -0.2) is 9.37 Å². The molecule has 3 rings (SSSR count). The summed E-state index contributed by atoms with van der Waals surface area (Å²) in [6.07, 6.45) is 2.56. The molecule has 27 heavy (non-hydrogen) atoms. The Morgan fingerprint density at radius 1 is 1.19 bits per heavy atom. The van der Waals surface area contributed by atoms with E-state index < -0.39 is 0 Å². The summed E-state index contributed by atoms with van der Waals surface area (Å²) < 4.78 is 26.1.